The highest BCUT2D eigenvalue weighted by Crippen LogP contribution is 2.28. The van der Waals surface area contributed by atoms with Crippen LogP contribution in [0.15, 0.2) is 42.6 Å². The first-order chi connectivity index (χ1) is 12.8. The normalized spacial score (nSPS) is 15.3. The number of nitrogens with zero attached hydrogens (tertiary/aromatic N) is 2. The van der Waals surface area contributed by atoms with Gasteiger partial charge in [0.15, 0.2) is 0 Å². The molecule has 1 aromatic heterocycles. The van der Waals surface area contributed by atoms with Crippen molar-refractivity contribution in [2.24, 2.45) is 0 Å². The van der Waals surface area contributed by atoms with Gasteiger partial charge >= 0.3 is 6.18 Å². The number of H-pyrrole nitrogens is 1. The van der Waals surface area contributed by atoms with Gasteiger partial charge in [-0.2, -0.15) is 13.2 Å². The molecule has 0 bridgehead atoms. The van der Waals surface area contributed by atoms with Crippen LogP contribution in [-0.4, -0.2) is 37.0 Å². The Morgan fingerprint density at radius 1 is 1.00 bits per heavy atom. The lowest BCUT2D eigenvalue weighted by Gasteiger charge is -2.31. The molecule has 1 aromatic carbocycles. The number of amides is 1. The molecule has 2 aromatic rings. The van der Waals surface area contributed by atoms with Crippen LogP contribution in [0.2, 0.25) is 0 Å². The van der Waals surface area contributed by atoms with Gasteiger partial charge in [-0.05, 0) is 29.7 Å². The summed E-state index contributed by atoms with van der Waals surface area (Å²) in [5.74, 6) is 1.02. The van der Waals surface area contributed by atoms with Crippen LogP contribution >= 0.6 is 0 Å². The van der Waals surface area contributed by atoms with Gasteiger partial charge in [0.1, 0.15) is 19.3 Å². The molecule has 1 saturated heterocycles. The van der Waals surface area contributed by atoms with Gasteiger partial charge in [-0.3, -0.25) is 9.69 Å². The predicted octanol–water partition coefficient (Wildman–Crippen LogP) is 3.61. The van der Waals surface area contributed by atoms with Gasteiger partial charge in [0.2, 0.25) is 0 Å². The number of aromatic amines is 1. The van der Waals surface area contributed by atoms with Gasteiger partial charge < -0.3 is 4.90 Å². The fourth-order valence-corrected chi connectivity index (χ4v) is 3.13. The Bertz CT molecular complexity index is 778. The molecule has 2 heterocycles. The number of alkyl halides is 3. The summed E-state index contributed by atoms with van der Waals surface area (Å²) in [5, 5.41) is 0. The second kappa shape index (κ2) is 7.58. The van der Waals surface area contributed by atoms with Crippen molar-refractivity contribution in [2.45, 2.75) is 25.9 Å². The van der Waals surface area contributed by atoms with Crippen molar-refractivity contribution in [3.8, 4) is 0 Å². The molecule has 144 valence electrons. The number of benzene rings is 1. The van der Waals surface area contributed by atoms with Crippen molar-refractivity contribution in [1.82, 2.24) is 4.90 Å². The topological polar surface area (TPSA) is 37.7 Å². The zero-order valence-corrected chi connectivity index (χ0v) is 15.4. The minimum atomic E-state index is -4.36. The molecule has 1 aliphatic rings. The Balaban J connectivity index is 1.60. The minimum absolute atomic E-state index is 0.0126. The number of pyridine rings is 1. The predicted molar refractivity (Wildman–Crippen MR) is 96.6 cm³/mol. The molecule has 0 spiro atoms. The summed E-state index contributed by atoms with van der Waals surface area (Å²) < 4.78 is 38.0. The van der Waals surface area contributed by atoms with E-state index in [9.17, 15) is 18.0 Å². The van der Waals surface area contributed by atoms with E-state index < -0.39 is 11.7 Å². The van der Waals surface area contributed by atoms with E-state index in [1.165, 1.54) is 11.6 Å². The summed E-state index contributed by atoms with van der Waals surface area (Å²) in [6.07, 6.45) is -3.38. The van der Waals surface area contributed by atoms with Crippen LogP contribution in [-0.2, 0) is 6.18 Å². The van der Waals surface area contributed by atoms with E-state index in [0.29, 0.717) is 43.5 Å². The van der Waals surface area contributed by atoms with E-state index >= 15 is 0 Å². The van der Waals surface area contributed by atoms with Crippen LogP contribution in [0.4, 0.5) is 19.0 Å². The number of hydrogen-bond donors (Lipinski definition) is 0. The maximum absolute atomic E-state index is 12.7. The first-order valence-electron chi connectivity index (χ1n) is 8.99. The quantitative estimate of drug-likeness (QED) is 0.818. The summed E-state index contributed by atoms with van der Waals surface area (Å²) >= 11 is 0. The summed E-state index contributed by atoms with van der Waals surface area (Å²) in [7, 11) is 0. The van der Waals surface area contributed by atoms with E-state index in [0.717, 1.165) is 12.3 Å². The number of anilines is 1. The van der Waals surface area contributed by atoms with E-state index in [-0.39, 0.29) is 5.91 Å². The van der Waals surface area contributed by atoms with Crippen LogP contribution in [0.1, 0.15) is 41.3 Å². The molecule has 1 fully saturated rings. The number of piperazine rings is 1. The third kappa shape index (κ3) is 4.40. The van der Waals surface area contributed by atoms with Gasteiger partial charge in [0, 0.05) is 11.6 Å². The Morgan fingerprint density at radius 2 is 1.63 bits per heavy atom. The van der Waals surface area contributed by atoms with E-state index in [2.05, 4.69) is 18.8 Å². The number of aromatic nitrogens is 1. The molecule has 0 atom stereocenters. The van der Waals surface area contributed by atoms with Gasteiger partial charge in [-0.1, -0.05) is 26.0 Å². The largest absolute Gasteiger partial charge is 0.419 e. The van der Waals surface area contributed by atoms with Gasteiger partial charge in [-0.15, -0.1) is 0 Å². The summed E-state index contributed by atoms with van der Waals surface area (Å²) in [4.78, 5) is 19.1. The third-order valence-electron chi connectivity index (χ3n) is 4.86. The monoisotopic (exact) mass is 378 g/mol. The Hall–Kier alpha value is -2.57. The molecule has 0 saturated carbocycles. The average molecular weight is 378 g/mol. The molecular formula is C20H23F3N3O+. The van der Waals surface area contributed by atoms with Crippen molar-refractivity contribution in [3.05, 3.63) is 59.3 Å². The van der Waals surface area contributed by atoms with Crippen LogP contribution in [0.5, 0.6) is 0 Å². The first-order valence-corrected chi connectivity index (χ1v) is 8.99. The fourth-order valence-electron chi connectivity index (χ4n) is 3.13. The third-order valence-corrected chi connectivity index (χ3v) is 4.86. The molecule has 0 radical (unpaired) electrons. The highest BCUT2D eigenvalue weighted by molar-refractivity contribution is 5.94. The number of rotatable bonds is 3. The smallest absolute Gasteiger partial charge is 0.331 e. The number of carbonyl (C=O) groups excluding carboxylic acids is 1. The molecule has 27 heavy (non-hydrogen) atoms. The van der Waals surface area contributed by atoms with Crippen molar-refractivity contribution in [3.63, 3.8) is 0 Å². The summed E-state index contributed by atoms with van der Waals surface area (Å²) in [5.41, 5.74) is 1.15. The van der Waals surface area contributed by atoms with Gasteiger partial charge in [0.25, 0.3) is 11.7 Å². The number of carbonyl (C=O) groups is 1. The Labute approximate surface area is 156 Å². The molecule has 1 N–H and O–H groups in total. The highest BCUT2D eigenvalue weighted by Gasteiger charge is 2.33. The second-order valence-electron chi connectivity index (χ2n) is 7.02. The van der Waals surface area contributed by atoms with Gasteiger partial charge in [0.05, 0.1) is 18.7 Å². The first kappa shape index (κ1) is 19.2. The van der Waals surface area contributed by atoms with Crippen LogP contribution in [0, 0.1) is 0 Å². The van der Waals surface area contributed by atoms with Crippen molar-refractivity contribution in [1.29, 1.82) is 0 Å². The summed E-state index contributed by atoms with van der Waals surface area (Å²) in [6, 6.07) is 10.2. The van der Waals surface area contributed by atoms with E-state index in [1.54, 1.807) is 4.90 Å². The maximum atomic E-state index is 12.7. The molecule has 3 rings (SSSR count). The lowest BCUT2D eigenvalue weighted by Crippen LogP contribution is -2.50. The van der Waals surface area contributed by atoms with E-state index in [4.69, 9.17) is 0 Å². The number of hydrogen-bond acceptors (Lipinski definition) is 2. The molecule has 7 heteroatoms. The number of halogens is 3. The van der Waals surface area contributed by atoms with Gasteiger partial charge in [-0.25, -0.2) is 4.98 Å². The minimum Gasteiger partial charge on any atom is -0.331 e. The Morgan fingerprint density at radius 3 is 2.11 bits per heavy atom. The lowest BCUT2D eigenvalue weighted by molar-refractivity contribution is -0.367. The SMILES string of the molecule is CC(C)c1ccc(C(=O)N2CCN(c3ccc(C(F)(F)F)c[nH+]3)CC2)cc1. The lowest BCUT2D eigenvalue weighted by atomic mass is 10.0. The van der Waals surface area contributed by atoms with Crippen LogP contribution in [0.25, 0.3) is 0 Å². The zero-order chi connectivity index (χ0) is 19.6. The fraction of sp³-hybridized carbons (Fsp3) is 0.400. The zero-order valence-electron chi connectivity index (χ0n) is 15.4. The van der Waals surface area contributed by atoms with E-state index in [1.807, 2.05) is 29.2 Å². The molecule has 4 nitrogen and oxygen atoms in total. The molecule has 0 aliphatic carbocycles. The van der Waals surface area contributed by atoms with Crippen LogP contribution < -0.4 is 9.88 Å². The van der Waals surface area contributed by atoms with Crippen LogP contribution in [0.3, 0.4) is 0 Å². The number of nitrogens with one attached hydrogen (secondary N) is 1. The summed E-state index contributed by atoms with van der Waals surface area (Å²) in [6.45, 7) is 6.40. The van der Waals surface area contributed by atoms with Crippen molar-refractivity contribution in [2.75, 3.05) is 31.1 Å². The molecule has 1 aliphatic heterocycles. The second-order valence-corrected chi connectivity index (χ2v) is 7.02. The molecular weight excluding hydrogens is 355 g/mol. The van der Waals surface area contributed by atoms with Crippen molar-refractivity contribution < 1.29 is 22.9 Å². The molecule has 1 amide bonds. The maximum Gasteiger partial charge on any atom is 0.419 e. The molecule has 0 unspecified atom stereocenters. The average Bonchev–Trinajstić information content (AvgIpc) is 2.67. The Kier molecular flexibility index (Phi) is 5.39. The highest BCUT2D eigenvalue weighted by atomic mass is 19.4. The van der Waals surface area contributed by atoms with Crippen molar-refractivity contribution >= 4 is 11.7 Å². The standard InChI is InChI=1S/C20H22F3N3O/c1-14(2)15-3-5-16(6-4-15)19(27)26-11-9-25(10-12-26)18-8-7-17(13-24-18)20(21,22)23/h3-8,13-14H,9-12H2,1-2H3/p+1.